The zero-order valence-corrected chi connectivity index (χ0v) is 14.0. The number of fused-ring (bicyclic) bond motifs is 1. The highest BCUT2D eigenvalue weighted by Gasteiger charge is 2.17. The Hall–Kier alpha value is -2.33. The number of nitrogens with one attached hydrogen (secondary N) is 1. The summed E-state index contributed by atoms with van der Waals surface area (Å²) in [6, 6.07) is 19.1. The Kier molecular flexibility index (Phi) is 4.47. The summed E-state index contributed by atoms with van der Waals surface area (Å²) < 4.78 is 2.37. The molecule has 124 valence electrons. The van der Waals surface area contributed by atoms with E-state index in [1.165, 1.54) is 11.1 Å². The van der Waals surface area contributed by atoms with Crippen molar-refractivity contribution in [2.45, 2.75) is 19.4 Å². The maximum absolute atomic E-state index is 4.97. The molecule has 0 amide bonds. The van der Waals surface area contributed by atoms with Crippen LogP contribution in [-0.2, 0) is 6.54 Å². The molecule has 0 radical (unpaired) electrons. The summed E-state index contributed by atoms with van der Waals surface area (Å²) in [7, 11) is 0. The average molecular weight is 320 g/mol. The van der Waals surface area contributed by atoms with E-state index in [9.17, 15) is 0 Å². The van der Waals surface area contributed by atoms with Crippen LogP contribution in [0.25, 0.3) is 11.0 Å². The van der Waals surface area contributed by atoms with Gasteiger partial charge in [0.2, 0.25) is 5.95 Å². The first-order valence-electron chi connectivity index (χ1n) is 8.87. The third-order valence-corrected chi connectivity index (χ3v) is 4.66. The summed E-state index contributed by atoms with van der Waals surface area (Å²) in [6.07, 6.45) is 2.32. The molecule has 4 heteroatoms. The van der Waals surface area contributed by atoms with E-state index in [0.29, 0.717) is 0 Å². The van der Waals surface area contributed by atoms with Crippen LogP contribution in [0, 0.1) is 0 Å². The van der Waals surface area contributed by atoms with Crippen LogP contribution in [0.2, 0.25) is 0 Å². The molecule has 1 aliphatic rings. The van der Waals surface area contributed by atoms with Gasteiger partial charge in [-0.2, -0.15) is 0 Å². The van der Waals surface area contributed by atoms with E-state index in [1.807, 2.05) is 0 Å². The maximum Gasteiger partial charge on any atom is 0.206 e. The molecule has 1 saturated heterocycles. The number of anilines is 1. The minimum atomic E-state index is 0.867. The largest absolute Gasteiger partial charge is 0.342 e. The van der Waals surface area contributed by atoms with Gasteiger partial charge >= 0.3 is 0 Å². The Balaban J connectivity index is 1.74. The van der Waals surface area contributed by atoms with Gasteiger partial charge in [0, 0.05) is 13.1 Å². The van der Waals surface area contributed by atoms with Gasteiger partial charge in [0.25, 0.3) is 0 Å². The SMILES string of the molecule is c1ccc(Cn2c(N3CCCNCCC3)nc3ccccc32)cc1. The lowest BCUT2D eigenvalue weighted by Crippen LogP contribution is -2.35. The molecule has 0 unspecified atom stereocenters. The van der Waals surface area contributed by atoms with Gasteiger partial charge < -0.3 is 14.8 Å². The van der Waals surface area contributed by atoms with Crippen LogP contribution in [0.15, 0.2) is 54.6 Å². The van der Waals surface area contributed by atoms with Gasteiger partial charge in [0.05, 0.1) is 17.6 Å². The first-order chi connectivity index (χ1) is 11.9. The second-order valence-corrected chi connectivity index (χ2v) is 6.42. The van der Waals surface area contributed by atoms with E-state index in [0.717, 1.165) is 57.0 Å². The van der Waals surface area contributed by atoms with Crippen molar-refractivity contribution in [2.24, 2.45) is 0 Å². The number of aromatic nitrogens is 2. The van der Waals surface area contributed by atoms with Crippen molar-refractivity contribution in [3.63, 3.8) is 0 Å². The monoisotopic (exact) mass is 320 g/mol. The van der Waals surface area contributed by atoms with Crippen LogP contribution in [-0.4, -0.2) is 35.7 Å². The average Bonchev–Trinajstić information content (AvgIpc) is 2.94. The van der Waals surface area contributed by atoms with E-state index in [-0.39, 0.29) is 0 Å². The molecule has 4 nitrogen and oxygen atoms in total. The smallest absolute Gasteiger partial charge is 0.206 e. The van der Waals surface area contributed by atoms with Gasteiger partial charge in [-0.1, -0.05) is 42.5 Å². The van der Waals surface area contributed by atoms with E-state index in [4.69, 9.17) is 4.98 Å². The molecule has 0 bridgehead atoms. The summed E-state index contributed by atoms with van der Waals surface area (Å²) in [4.78, 5) is 7.44. The second-order valence-electron chi connectivity index (χ2n) is 6.42. The highest BCUT2D eigenvalue weighted by atomic mass is 15.3. The van der Waals surface area contributed by atoms with Crippen LogP contribution < -0.4 is 10.2 Å². The van der Waals surface area contributed by atoms with Crippen LogP contribution in [0.3, 0.4) is 0 Å². The van der Waals surface area contributed by atoms with Crippen LogP contribution in [0.4, 0.5) is 5.95 Å². The number of rotatable bonds is 3. The zero-order chi connectivity index (χ0) is 16.2. The van der Waals surface area contributed by atoms with Crippen molar-refractivity contribution >= 4 is 17.0 Å². The molecule has 24 heavy (non-hydrogen) atoms. The number of benzene rings is 2. The van der Waals surface area contributed by atoms with Gasteiger partial charge in [-0.25, -0.2) is 4.98 Å². The summed E-state index contributed by atoms with van der Waals surface area (Å²) in [5, 5.41) is 3.49. The third-order valence-electron chi connectivity index (χ3n) is 4.66. The number of hydrogen-bond donors (Lipinski definition) is 1. The minimum Gasteiger partial charge on any atom is -0.342 e. The molecule has 2 aromatic carbocycles. The quantitative estimate of drug-likeness (QED) is 0.804. The fourth-order valence-corrected chi connectivity index (χ4v) is 3.45. The number of imidazole rings is 1. The maximum atomic E-state index is 4.97. The van der Waals surface area contributed by atoms with Crippen molar-refractivity contribution in [3.8, 4) is 0 Å². The van der Waals surface area contributed by atoms with Crippen molar-refractivity contribution < 1.29 is 0 Å². The summed E-state index contributed by atoms with van der Waals surface area (Å²) >= 11 is 0. The fraction of sp³-hybridized carbons (Fsp3) is 0.350. The molecule has 2 heterocycles. The molecule has 1 aliphatic heterocycles. The molecule has 0 atom stereocenters. The molecule has 0 aliphatic carbocycles. The standard InChI is InChI=1S/C20H24N4/c1-2-8-17(9-3-1)16-24-19-11-5-4-10-18(19)22-20(24)23-14-6-12-21-13-7-15-23/h1-5,8-11,21H,6-7,12-16H2. The highest BCUT2D eigenvalue weighted by molar-refractivity contribution is 5.79. The molecular formula is C20H24N4. The number of hydrogen-bond acceptors (Lipinski definition) is 3. The van der Waals surface area contributed by atoms with Crippen LogP contribution in [0.1, 0.15) is 18.4 Å². The summed E-state index contributed by atoms with van der Waals surface area (Å²) in [5.74, 6) is 1.11. The summed E-state index contributed by atoms with van der Waals surface area (Å²) in [6.45, 7) is 5.17. The molecule has 4 rings (SSSR count). The van der Waals surface area contributed by atoms with E-state index >= 15 is 0 Å². The predicted molar refractivity (Wildman–Crippen MR) is 99.6 cm³/mol. The van der Waals surface area contributed by atoms with Gasteiger partial charge in [0.15, 0.2) is 0 Å². The predicted octanol–water partition coefficient (Wildman–Crippen LogP) is 3.27. The second kappa shape index (κ2) is 7.05. The summed E-state index contributed by atoms with van der Waals surface area (Å²) in [5.41, 5.74) is 3.62. The molecule has 0 spiro atoms. The molecule has 0 saturated carbocycles. The molecule has 3 aromatic rings. The van der Waals surface area contributed by atoms with E-state index in [1.54, 1.807) is 0 Å². The van der Waals surface area contributed by atoms with Crippen LogP contribution >= 0.6 is 0 Å². The Bertz CT molecular complexity index is 786. The lowest BCUT2D eigenvalue weighted by atomic mass is 10.2. The zero-order valence-electron chi connectivity index (χ0n) is 14.0. The van der Waals surface area contributed by atoms with Gasteiger partial charge in [0.1, 0.15) is 0 Å². The Morgan fingerprint density at radius 2 is 1.58 bits per heavy atom. The third kappa shape index (κ3) is 3.15. The first-order valence-corrected chi connectivity index (χ1v) is 8.87. The van der Waals surface area contributed by atoms with E-state index in [2.05, 4.69) is 69.4 Å². The Morgan fingerprint density at radius 3 is 2.38 bits per heavy atom. The topological polar surface area (TPSA) is 33.1 Å². The normalized spacial score (nSPS) is 16.1. The lowest BCUT2D eigenvalue weighted by Gasteiger charge is -2.27. The van der Waals surface area contributed by atoms with Crippen LogP contribution in [0.5, 0.6) is 0 Å². The Labute approximate surface area is 143 Å². The fourth-order valence-electron chi connectivity index (χ4n) is 3.45. The molecular weight excluding hydrogens is 296 g/mol. The van der Waals surface area contributed by atoms with Gasteiger partial charge in [-0.15, -0.1) is 0 Å². The highest BCUT2D eigenvalue weighted by Crippen LogP contribution is 2.24. The van der Waals surface area contributed by atoms with Gasteiger partial charge in [-0.3, -0.25) is 0 Å². The molecule has 1 fully saturated rings. The first kappa shape index (κ1) is 15.2. The van der Waals surface area contributed by atoms with Crippen molar-refractivity contribution in [2.75, 3.05) is 31.1 Å². The number of para-hydroxylation sites is 2. The minimum absolute atomic E-state index is 0.867. The lowest BCUT2D eigenvalue weighted by molar-refractivity contribution is 0.556. The van der Waals surface area contributed by atoms with Gasteiger partial charge in [-0.05, 0) is 43.6 Å². The van der Waals surface area contributed by atoms with Crippen molar-refractivity contribution in [1.82, 2.24) is 14.9 Å². The molecule has 1 aromatic heterocycles. The Morgan fingerprint density at radius 1 is 0.875 bits per heavy atom. The number of nitrogens with zero attached hydrogens (tertiary/aromatic N) is 3. The van der Waals surface area contributed by atoms with Crippen molar-refractivity contribution in [1.29, 1.82) is 0 Å². The van der Waals surface area contributed by atoms with E-state index < -0.39 is 0 Å². The molecule has 1 N–H and O–H groups in total. The van der Waals surface area contributed by atoms with Crippen molar-refractivity contribution in [3.05, 3.63) is 60.2 Å².